The molecular weight excluding hydrogens is 308 g/mol. The third-order valence-corrected chi connectivity index (χ3v) is 3.16. The van der Waals surface area contributed by atoms with E-state index in [1.165, 1.54) is 6.20 Å². The molecule has 0 spiro atoms. The van der Waals surface area contributed by atoms with E-state index in [1.54, 1.807) is 6.92 Å². The van der Waals surface area contributed by atoms with Crippen molar-refractivity contribution in [2.45, 2.75) is 18.7 Å². The van der Waals surface area contributed by atoms with E-state index in [2.05, 4.69) is 36.8 Å². The molecule has 5 heteroatoms. The van der Waals surface area contributed by atoms with Crippen molar-refractivity contribution in [2.24, 2.45) is 0 Å². The van der Waals surface area contributed by atoms with Crippen molar-refractivity contribution in [3.63, 3.8) is 0 Å². The summed E-state index contributed by atoms with van der Waals surface area (Å²) in [4.78, 5) is 3.95. The van der Waals surface area contributed by atoms with Gasteiger partial charge < -0.3 is 0 Å². The number of rotatable bonds is 2. The topological polar surface area (TPSA) is 12.9 Å². The fourth-order valence-corrected chi connectivity index (χ4v) is 1.83. The molecule has 0 aliphatic heterocycles. The van der Waals surface area contributed by atoms with Gasteiger partial charge in [0.1, 0.15) is 4.60 Å². The minimum Gasteiger partial charge on any atom is -0.249 e. The van der Waals surface area contributed by atoms with Crippen molar-refractivity contribution >= 4 is 31.9 Å². The number of halogens is 4. The fourth-order valence-electron chi connectivity index (χ4n) is 1.06. The predicted octanol–water partition coefficient (Wildman–Crippen LogP) is 3.99. The first kappa shape index (κ1) is 11.0. The lowest BCUT2D eigenvalue weighted by molar-refractivity contribution is 0.149. The van der Waals surface area contributed by atoms with Gasteiger partial charge in [-0.05, 0) is 34.0 Å². The Bertz CT molecular complexity index is 315. The highest BCUT2D eigenvalue weighted by molar-refractivity contribution is 9.10. The Balaban J connectivity index is 3.32. The molecule has 0 N–H and O–H groups in total. The van der Waals surface area contributed by atoms with Crippen molar-refractivity contribution < 1.29 is 8.78 Å². The molecular formula is C8H7Br2F2N. The maximum Gasteiger partial charge on any atom is 0.264 e. The van der Waals surface area contributed by atoms with E-state index in [4.69, 9.17) is 0 Å². The van der Waals surface area contributed by atoms with Crippen molar-refractivity contribution in [1.29, 1.82) is 0 Å². The zero-order valence-electron chi connectivity index (χ0n) is 6.82. The third-order valence-electron chi connectivity index (χ3n) is 1.76. The molecule has 1 aromatic rings. The van der Waals surface area contributed by atoms with Gasteiger partial charge in [0.05, 0.1) is 0 Å². The van der Waals surface area contributed by atoms with Gasteiger partial charge in [-0.3, -0.25) is 0 Å². The van der Waals surface area contributed by atoms with Gasteiger partial charge in [0, 0.05) is 17.1 Å². The van der Waals surface area contributed by atoms with E-state index < -0.39 is 6.43 Å². The average Bonchev–Trinajstić information content (AvgIpc) is 2.08. The molecule has 0 bridgehead atoms. The summed E-state index contributed by atoms with van der Waals surface area (Å²) in [5, 5.41) is 0.397. The molecule has 0 saturated carbocycles. The molecule has 0 fully saturated rings. The van der Waals surface area contributed by atoms with Crippen LogP contribution in [0.3, 0.4) is 0 Å². The Morgan fingerprint density at radius 1 is 1.54 bits per heavy atom. The van der Waals surface area contributed by atoms with Gasteiger partial charge in [-0.25, -0.2) is 13.8 Å². The summed E-state index contributed by atoms with van der Waals surface area (Å²) in [5.41, 5.74) is 1.11. The van der Waals surface area contributed by atoms with Gasteiger partial charge in [0.15, 0.2) is 0 Å². The molecule has 1 nitrogen and oxygen atoms in total. The number of pyridine rings is 1. The van der Waals surface area contributed by atoms with Crippen LogP contribution in [0.5, 0.6) is 0 Å². The van der Waals surface area contributed by atoms with Crippen LogP contribution in [0, 0.1) is 6.92 Å². The lowest BCUT2D eigenvalue weighted by atomic mass is 10.1. The first-order valence-electron chi connectivity index (χ1n) is 3.56. The van der Waals surface area contributed by atoms with Crippen molar-refractivity contribution in [1.82, 2.24) is 4.98 Å². The van der Waals surface area contributed by atoms with E-state index in [0.717, 1.165) is 0 Å². The fraction of sp³-hybridized carbons (Fsp3) is 0.375. The second-order valence-electron chi connectivity index (χ2n) is 2.55. The maximum absolute atomic E-state index is 12.6. The van der Waals surface area contributed by atoms with Crippen LogP contribution in [-0.4, -0.2) is 4.98 Å². The standard InChI is InChI=1S/C8H7Br2F2N/c1-4-6(8(11)12)5(2-9)3-13-7(4)10/h3,8H,2H2,1H3. The van der Waals surface area contributed by atoms with Gasteiger partial charge in [-0.2, -0.15) is 0 Å². The van der Waals surface area contributed by atoms with E-state index in [0.29, 0.717) is 21.1 Å². The Hall–Kier alpha value is -0.0300. The highest BCUT2D eigenvalue weighted by Crippen LogP contribution is 2.30. The minimum atomic E-state index is -2.45. The molecule has 1 heterocycles. The first-order valence-corrected chi connectivity index (χ1v) is 5.47. The molecule has 72 valence electrons. The highest BCUT2D eigenvalue weighted by Gasteiger charge is 2.17. The number of aromatic nitrogens is 1. The van der Waals surface area contributed by atoms with Gasteiger partial charge in [-0.15, -0.1) is 0 Å². The molecule has 0 unspecified atom stereocenters. The number of nitrogens with zero attached hydrogens (tertiary/aromatic N) is 1. The molecule has 0 atom stereocenters. The normalized spacial score (nSPS) is 10.9. The van der Waals surface area contributed by atoms with E-state index in [-0.39, 0.29) is 5.56 Å². The summed E-state index contributed by atoms with van der Waals surface area (Å²) in [7, 11) is 0. The SMILES string of the molecule is Cc1c(Br)ncc(CBr)c1C(F)F. The summed E-state index contributed by atoms with van der Waals surface area (Å²) in [6.45, 7) is 1.63. The molecule has 0 aliphatic rings. The van der Waals surface area contributed by atoms with Crippen LogP contribution in [0.4, 0.5) is 8.78 Å². The number of hydrogen-bond acceptors (Lipinski definition) is 1. The molecule has 0 saturated heterocycles. The first-order chi connectivity index (χ1) is 6.07. The molecule has 0 aromatic carbocycles. The maximum atomic E-state index is 12.6. The summed E-state index contributed by atoms with van der Waals surface area (Å²) in [6, 6.07) is 0. The van der Waals surface area contributed by atoms with Crippen LogP contribution in [-0.2, 0) is 5.33 Å². The third kappa shape index (κ3) is 2.26. The molecule has 1 aromatic heterocycles. The number of hydrogen-bond donors (Lipinski definition) is 0. The monoisotopic (exact) mass is 313 g/mol. The Morgan fingerprint density at radius 2 is 2.15 bits per heavy atom. The molecule has 0 aliphatic carbocycles. The van der Waals surface area contributed by atoms with Crippen LogP contribution in [0.1, 0.15) is 23.1 Å². The number of alkyl halides is 3. The van der Waals surface area contributed by atoms with Crippen molar-refractivity contribution in [2.75, 3.05) is 0 Å². The highest BCUT2D eigenvalue weighted by atomic mass is 79.9. The van der Waals surface area contributed by atoms with Gasteiger partial charge in [0.2, 0.25) is 0 Å². The van der Waals surface area contributed by atoms with Crippen LogP contribution >= 0.6 is 31.9 Å². The van der Waals surface area contributed by atoms with Gasteiger partial charge >= 0.3 is 0 Å². The minimum absolute atomic E-state index is 0.0683. The predicted molar refractivity (Wildman–Crippen MR) is 54.3 cm³/mol. The lowest BCUT2D eigenvalue weighted by Crippen LogP contribution is -1.99. The van der Waals surface area contributed by atoms with E-state index in [9.17, 15) is 8.78 Å². The van der Waals surface area contributed by atoms with E-state index in [1.807, 2.05) is 0 Å². The summed E-state index contributed by atoms with van der Waals surface area (Å²) >= 11 is 6.26. The molecule has 13 heavy (non-hydrogen) atoms. The zero-order valence-corrected chi connectivity index (χ0v) is 9.99. The van der Waals surface area contributed by atoms with Crippen LogP contribution in [0.2, 0.25) is 0 Å². The van der Waals surface area contributed by atoms with Crippen LogP contribution in [0.25, 0.3) is 0 Å². The second-order valence-corrected chi connectivity index (χ2v) is 3.86. The summed E-state index contributed by atoms with van der Waals surface area (Å²) in [6.07, 6.45) is -1.00. The Labute approximate surface area is 91.8 Å². The molecule has 1 rings (SSSR count). The van der Waals surface area contributed by atoms with Crippen LogP contribution in [0.15, 0.2) is 10.8 Å². The molecule has 0 radical (unpaired) electrons. The lowest BCUT2D eigenvalue weighted by Gasteiger charge is -2.10. The second kappa shape index (κ2) is 4.46. The quantitative estimate of drug-likeness (QED) is 0.594. The zero-order chi connectivity index (χ0) is 10.0. The van der Waals surface area contributed by atoms with Crippen molar-refractivity contribution in [3.05, 3.63) is 27.5 Å². The molecule has 0 amide bonds. The van der Waals surface area contributed by atoms with E-state index >= 15 is 0 Å². The largest absolute Gasteiger partial charge is 0.264 e. The Morgan fingerprint density at radius 3 is 2.62 bits per heavy atom. The smallest absolute Gasteiger partial charge is 0.249 e. The average molecular weight is 315 g/mol. The van der Waals surface area contributed by atoms with Gasteiger partial charge in [0.25, 0.3) is 6.43 Å². The summed E-state index contributed by atoms with van der Waals surface area (Å²) < 4.78 is 25.7. The van der Waals surface area contributed by atoms with Gasteiger partial charge in [-0.1, -0.05) is 15.9 Å². The summed E-state index contributed by atoms with van der Waals surface area (Å²) in [5.74, 6) is 0. The van der Waals surface area contributed by atoms with Crippen molar-refractivity contribution in [3.8, 4) is 0 Å². The van der Waals surface area contributed by atoms with Crippen LogP contribution < -0.4 is 0 Å². The Kier molecular flexibility index (Phi) is 3.79.